The second-order valence-electron chi connectivity index (χ2n) is 7.63. The summed E-state index contributed by atoms with van der Waals surface area (Å²) in [7, 11) is 0. The molecular weight excluding hydrogens is 424 g/mol. The fourth-order valence-electron chi connectivity index (χ4n) is 2.45. The zero-order chi connectivity index (χ0) is 20.9. The summed E-state index contributed by atoms with van der Waals surface area (Å²) in [6, 6.07) is 11.9. The smallest absolute Gasteiger partial charge is 0.349 e. The third-order valence-corrected chi connectivity index (χ3v) is 4.25. The summed E-state index contributed by atoms with van der Waals surface area (Å²) in [5.41, 5.74) is 1.25. The van der Waals surface area contributed by atoms with Crippen molar-refractivity contribution in [3.05, 3.63) is 58.1 Å². The van der Waals surface area contributed by atoms with Crippen molar-refractivity contribution in [1.29, 1.82) is 0 Å². The van der Waals surface area contributed by atoms with Crippen molar-refractivity contribution < 1.29 is 23.8 Å². The Morgan fingerprint density at radius 2 is 1.68 bits per heavy atom. The van der Waals surface area contributed by atoms with Crippen molar-refractivity contribution in [2.75, 3.05) is 6.61 Å². The van der Waals surface area contributed by atoms with Crippen LogP contribution in [0.2, 0.25) is 0 Å². The molecule has 0 atom stereocenters. The third kappa shape index (κ3) is 6.37. The molecule has 0 aliphatic carbocycles. The molecule has 0 N–H and O–H groups in total. The molecule has 2 aromatic carbocycles. The van der Waals surface area contributed by atoms with E-state index in [2.05, 4.69) is 36.7 Å². The Balaban J connectivity index is 1.97. The number of carbonyl (C=O) groups excluding carboxylic acids is 2. The number of hydrogen-bond donors (Lipinski definition) is 0. The summed E-state index contributed by atoms with van der Waals surface area (Å²) in [5, 5.41) is 0. The molecule has 0 bridgehead atoms. The lowest BCUT2D eigenvalue weighted by molar-refractivity contribution is -0.136. The SMILES string of the molecule is CC(C)OC(=O)c1ccc(OC(=O)COc2ccc(Br)cc2C(C)(C)C)cc1. The number of halogens is 1. The van der Waals surface area contributed by atoms with Gasteiger partial charge in [0.15, 0.2) is 6.61 Å². The molecule has 0 saturated carbocycles. The minimum Gasteiger partial charge on any atom is -0.482 e. The molecule has 0 amide bonds. The first-order valence-electron chi connectivity index (χ1n) is 9.01. The first-order chi connectivity index (χ1) is 13.1. The van der Waals surface area contributed by atoms with Gasteiger partial charge in [-0.1, -0.05) is 36.7 Å². The van der Waals surface area contributed by atoms with Crippen LogP contribution in [-0.2, 0) is 14.9 Å². The van der Waals surface area contributed by atoms with E-state index in [-0.39, 0.29) is 18.1 Å². The number of carbonyl (C=O) groups is 2. The normalized spacial score (nSPS) is 11.2. The largest absolute Gasteiger partial charge is 0.482 e. The Kier molecular flexibility index (Phi) is 7.24. The van der Waals surface area contributed by atoms with Crippen molar-refractivity contribution in [2.24, 2.45) is 0 Å². The van der Waals surface area contributed by atoms with Crippen LogP contribution in [0.4, 0.5) is 0 Å². The van der Waals surface area contributed by atoms with E-state index in [0.717, 1.165) is 10.0 Å². The zero-order valence-electron chi connectivity index (χ0n) is 16.7. The Morgan fingerprint density at radius 3 is 2.25 bits per heavy atom. The molecule has 6 heteroatoms. The van der Waals surface area contributed by atoms with Gasteiger partial charge in [-0.05, 0) is 61.7 Å². The van der Waals surface area contributed by atoms with E-state index in [9.17, 15) is 9.59 Å². The second-order valence-corrected chi connectivity index (χ2v) is 8.55. The maximum absolute atomic E-state index is 12.1. The molecule has 150 valence electrons. The van der Waals surface area contributed by atoms with Gasteiger partial charge in [-0.15, -0.1) is 0 Å². The van der Waals surface area contributed by atoms with Crippen LogP contribution in [0.5, 0.6) is 11.5 Å². The molecule has 0 unspecified atom stereocenters. The molecule has 0 aromatic heterocycles. The van der Waals surface area contributed by atoms with Gasteiger partial charge in [-0.3, -0.25) is 0 Å². The van der Waals surface area contributed by atoms with Gasteiger partial charge in [0.1, 0.15) is 11.5 Å². The molecular formula is C22H25BrO5. The highest BCUT2D eigenvalue weighted by Crippen LogP contribution is 2.33. The molecule has 0 aliphatic heterocycles. The van der Waals surface area contributed by atoms with E-state index < -0.39 is 11.9 Å². The minimum absolute atomic E-state index is 0.135. The van der Waals surface area contributed by atoms with Crippen LogP contribution in [0.1, 0.15) is 50.5 Å². The highest BCUT2D eigenvalue weighted by Gasteiger charge is 2.20. The quantitative estimate of drug-likeness (QED) is 0.443. The standard InChI is InChI=1S/C22H25BrO5/c1-14(2)27-21(25)15-6-9-17(10-7-15)28-20(24)13-26-19-11-8-16(23)12-18(19)22(3,4)5/h6-12,14H,13H2,1-5H3. The van der Waals surface area contributed by atoms with Crippen LogP contribution >= 0.6 is 15.9 Å². The van der Waals surface area contributed by atoms with Gasteiger partial charge in [0.25, 0.3) is 0 Å². The lowest BCUT2D eigenvalue weighted by atomic mass is 9.86. The van der Waals surface area contributed by atoms with Gasteiger partial charge >= 0.3 is 11.9 Å². The number of rotatable bonds is 6. The summed E-state index contributed by atoms with van der Waals surface area (Å²) in [4.78, 5) is 24.0. The van der Waals surface area contributed by atoms with E-state index in [1.165, 1.54) is 0 Å². The monoisotopic (exact) mass is 448 g/mol. The van der Waals surface area contributed by atoms with Crippen LogP contribution < -0.4 is 9.47 Å². The summed E-state index contributed by atoms with van der Waals surface area (Å²) in [6.45, 7) is 9.57. The Morgan fingerprint density at radius 1 is 1.04 bits per heavy atom. The van der Waals surface area contributed by atoms with Gasteiger partial charge in [-0.2, -0.15) is 0 Å². The van der Waals surface area contributed by atoms with Gasteiger partial charge < -0.3 is 14.2 Å². The van der Waals surface area contributed by atoms with Crippen molar-refractivity contribution in [3.8, 4) is 11.5 Å². The highest BCUT2D eigenvalue weighted by molar-refractivity contribution is 9.10. The van der Waals surface area contributed by atoms with Gasteiger partial charge in [-0.25, -0.2) is 9.59 Å². The third-order valence-electron chi connectivity index (χ3n) is 3.76. The number of hydrogen-bond acceptors (Lipinski definition) is 5. The molecule has 5 nitrogen and oxygen atoms in total. The van der Waals surface area contributed by atoms with Crippen LogP contribution in [-0.4, -0.2) is 24.6 Å². The van der Waals surface area contributed by atoms with Gasteiger partial charge in [0.2, 0.25) is 0 Å². The van der Waals surface area contributed by atoms with E-state index in [1.807, 2.05) is 18.2 Å². The highest BCUT2D eigenvalue weighted by atomic mass is 79.9. The van der Waals surface area contributed by atoms with Crippen molar-refractivity contribution in [2.45, 2.75) is 46.1 Å². The molecule has 0 spiro atoms. The number of ether oxygens (including phenoxy) is 3. The van der Waals surface area contributed by atoms with E-state index in [1.54, 1.807) is 38.1 Å². The number of benzene rings is 2. The summed E-state index contributed by atoms with van der Waals surface area (Å²) >= 11 is 3.46. The zero-order valence-corrected chi connectivity index (χ0v) is 18.3. The molecule has 2 aromatic rings. The fourth-order valence-corrected chi connectivity index (χ4v) is 2.81. The minimum atomic E-state index is -0.528. The molecule has 28 heavy (non-hydrogen) atoms. The predicted molar refractivity (Wildman–Crippen MR) is 111 cm³/mol. The average Bonchev–Trinajstić information content (AvgIpc) is 2.60. The van der Waals surface area contributed by atoms with Crippen molar-refractivity contribution in [3.63, 3.8) is 0 Å². The maximum atomic E-state index is 12.1. The lowest BCUT2D eigenvalue weighted by Crippen LogP contribution is -2.20. The molecule has 0 fully saturated rings. The van der Waals surface area contributed by atoms with Gasteiger partial charge in [0, 0.05) is 10.0 Å². The molecule has 0 radical (unpaired) electrons. The molecule has 0 aliphatic rings. The molecule has 2 rings (SSSR count). The van der Waals surface area contributed by atoms with Crippen LogP contribution in [0.3, 0.4) is 0 Å². The first-order valence-corrected chi connectivity index (χ1v) is 9.80. The van der Waals surface area contributed by atoms with E-state index in [0.29, 0.717) is 17.1 Å². The summed E-state index contributed by atoms with van der Waals surface area (Å²) in [5.74, 6) is 0.0300. The maximum Gasteiger partial charge on any atom is 0.349 e. The van der Waals surface area contributed by atoms with Crippen LogP contribution in [0.25, 0.3) is 0 Å². The topological polar surface area (TPSA) is 61.8 Å². The molecule has 0 heterocycles. The van der Waals surface area contributed by atoms with Crippen LogP contribution in [0.15, 0.2) is 46.9 Å². The predicted octanol–water partition coefficient (Wildman–Crippen LogP) is 5.30. The number of esters is 2. The first kappa shape index (κ1) is 22.0. The van der Waals surface area contributed by atoms with Crippen molar-refractivity contribution >= 4 is 27.9 Å². The van der Waals surface area contributed by atoms with Crippen LogP contribution in [0, 0.1) is 0 Å². The lowest BCUT2D eigenvalue weighted by Gasteiger charge is -2.23. The Labute approximate surface area is 174 Å². The Bertz CT molecular complexity index is 835. The van der Waals surface area contributed by atoms with E-state index >= 15 is 0 Å². The van der Waals surface area contributed by atoms with E-state index in [4.69, 9.17) is 14.2 Å². The average molecular weight is 449 g/mol. The van der Waals surface area contributed by atoms with Crippen molar-refractivity contribution in [1.82, 2.24) is 0 Å². The Hall–Kier alpha value is -2.34. The fraction of sp³-hybridized carbons (Fsp3) is 0.364. The molecule has 0 saturated heterocycles. The second kappa shape index (κ2) is 9.24. The summed E-state index contributed by atoms with van der Waals surface area (Å²) < 4.78 is 17.0. The van der Waals surface area contributed by atoms with Gasteiger partial charge in [0.05, 0.1) is 11.7 Å². The summed E-state index contributed by atoms with van der Waals surface area (Å²) in [6.07, 6.45) is -0.196.